The second-order valence-corrected chi connectivity index (χ2v) is 15.2. The molecule has 2 atom stereocenters. The van der Waals surface area contributed by atoms with Crippen molar-refractivity contribution in [1.29, 1.82) is 0 Å². The topological polar surface area (TPSA) is 126 Å². The molecular formula is C37H42F6N4O7. The van der Waals surface area contributed by atoms with Gasteiger partial charge in [-0.25, -0.2) is 14.6 Å². The van der Waals surface area contributed by atoms with Gasteiger partial charge in [-0.3, -0.25) is 0 Å². The quantitative estimate of drug-likeness (QED) is 0.177. The lowest BCUT2D eigenvalue weighted by atomic mass is 9.95. The highest BCUT2D eigenvalue weighted by Crippen LogP contribution is 2.48. The Bertz CT molecular complexity index is 1800. The molecule has 5 rings (SSSR count). The van der Waals surface area contributed by atoms with E-state index in [-0.39, 0.29) is 23.7 Å². The highest BCUT2D eigenvalue weighted by Gasteiger charge is 2.61. The van der Waals surface area contributed by atoms with Gasteiger partial charge in [0, 0.05) is 6.42 Å². The maximum Gasteiger partial charge on any atom is 0.426 e. The van der Waals surface area contributed by atoms with Gasteiger partial charge < -0.3 is 23.4 Å². The molecule has 1 aliphatic carbocycles. The molecule has 1 aliphatic heterocycles. The number of anilines is 1. The fourth-order valence-corrected chi connectivity index (χ4v) is 5.57. The van der Waals surface area contributed by atoms with Crippen molar-refractivity contribution in [2.45, 2.75) is 122 Å². The number of allylic oxidation sites excluding steroid dienone is 1. The number of imide groups is 1. The lowest BCUT2D eigenvalue weighted by molar-refractivity contribution is -0.299. The third-order valence-electron chi connectivity index (χ3n) is 8.23. The van der Waals surface area contributed by atoms with E-state index >= 15 is 13.2 Å². The lowest BCUT2D eigenvalue weighted by Gasteiger charge is -2.32. The minimum Gasteiger partial charge on any atom is -0.474 e. The number of amides is 2. The molecule has 3 aromatic rings. The zero-order valence-electron chi connectivity index (χ0n) is 30.6. The average Bonchev–Trinajstić information content (AvgIpc) is 3.71. The van der Waals surface area contributed by atoms with Crippen LogP contribution in [0, 0.1) is 5.92 Å². The number of ether oxygens (including phenoxy) is 4. The van der Waals surface area contributed by atoms with E-state index in [0.717, 1.165) is 12.8 Å². The number of rotatable bonds is 6. The van der Waals surface area contributed by atoms with Gasteiger partial charge in [-0.1, -0.05) is 55.3 Å². The van der Waals surface area contributed by atoms with Crippen molar-refractivity contribution in [1.82, 2.24) is 15.2 Å². The van der Waals surface area contributed by atoms with E-state index < -0.39 is 95.1 Å². The number of nitrogens with zero attached hydrogens (tertiary/aromatic N) is 4. The van der Waals surface area contributed by atoms with Crippen molar-refractivity contribution >= 4 is 17.9 Å². The van der Waals surface area contributed by atoms with Crippen LogP contribution in [0.2, 0.25) is 0 Å². The molecule has 1 aromatic carbocycles. The Morgan fingerprint density at radius 2 is 1.54 bits per heavy atom. The summed E-state index contributed by atoms with van der Waals surface area (Å²) in [4.78, 5) is 31.6. The van der Waals surface area contributed by atoms with Gasteiger partial charge in [0.15, 0.2) is 5.69 Å². The minimum absolute atomic E-state index is 0.0385. The number of carbonyl (C=O) groups is 2. The van der Waals surface area contributed by atoms with Gasteiger partial charge in [0.1, 0.15) is 22.9 Å². The normalized spacial score (nSPS) is 20.3. The predicted molar refractivity (Wildman–Crippen MR) is 181 cm³/mol. The van der Waals surface area contributed by atoms with Crippen LogP contribution < -0.4 is 9.64 Å². The number of hydrogen-bond donors (Lipinski definition) is 0. The van der Waals surface area contributed by atoms with Crippen LogP contribution in [0.4, 0.5) is 41.6 Å². The van der Waals surface area contributed by atoms with Crippen LogP contribution in [0.25, 0.3) is 11.6 Å². The summed E-state index contributed by atoms with van der Waals surface area (Å²) in [6, 6.07) is 8.45. The molecule has 2 amide bonds. The molecule has 1 fully saturated rings. The Labute approximate surface area is 308 Å². The van der Waals surface area contributed by atoms with E-state index in [1.165, 1.54) is 53.7 Å². The van der Waals surface area contributed by atoms with E-state index in [0.29, 0.717) is 18.1 Å². The summed E-state index contributed by atoms with van der Waals surface area (Å²) in [5.41, 5.74) is -8.58. The summed E-state index contributed by atoms with van der Waals surface area (Å²) in [6.45, 7) is 8.16. The van der Waals surface area contributed by atoms with Gasteiger partial charge in [-0.05, 0) is 78.4 Å². The van der Waals surface area contributed by atoms with Crippen LogP contribution in [-0.4, -0.2) is 50.9 Å². The average molecular weight is 769 g/mol. The molecule has 2 aromatic heterocycles. The van der Waals surface area contributed by atoms with Crippen LogP contribution in [-0.2, 0) is 32.6 Å². The highest BCUT2D eigenvalue weighted by molar-refractivity contribution is 6.11. The summed E-state index contributed by atoms with van der Waals surface area (Å²) in [5.74, 6) is -2.78. The van der Waals surface area contributed by atoms with E-state index in [1.54, 1.807) is 30.3 Å². The number of halogens is 6. The third-order valence-corrected chi connectivity index (χ3v) is 8.23. The second-order valence-electron chi connectivity index (χ2n) is 15.2. The molecule has 4 bridgehead atoms. The Hall–Kier alpha value is -4.67. The molecule has 17 heteroatoms. The number of carbonyl (C=O) groups excluding carboxylic acids is 2. The Kier molecular flexibility index (Phi) is 11.4. The number of hydrogen-bond acceptors (Lipinski definition) is 10. The van der Waals surface area contributed by atoms with Crippen LogP contribution >= 0.6 is 0 Å². The van der Waals surface area contributed by atoms with E-state index in [2.05, 4.69) is 15.2 Å². The number of fused-ring (bicyclic) bond motifs is 5. The zero-order chi connectivity index (χ0) is 39.7. The fraction of sp³-hybridized carbons (Fsp3) is 0.541. The molecule has 0 N–H and O–H groups in total. The summed E-state index contributed by atoms with van der Waals surface area (Å²) >= 11 is 0. The SMILES string of the molecule is CC(C)(C)OC(=O)N(C(=O)OC(C)(C)C)c1cc(C(F)(F)F)c2nc1-c1nnc(o1)C(OCc1ccccc1)(C(F)(F)F)CC/C=C\CC(CC1CC1)O2. The zero-order valence-corrected chi connectivity index (χ0v) is 30.6. The molecule has 0 saturated heterocycles. The highest BCUT2D eigenvalue weighted by atomic mass is 19.4. The van der Waals surface area contributed by atoms with Gasteiger partial charge in [0.2, 0.25) is 11.5 Å². The number of pyridine rings is 1. The molecule has 0 spiro atoms. The minimum atomic E-state index is -5.18. The maximum atomic E-state index is 15.3. The first-order valence-corrected chi connectivity index (χ1v) is 17.4. The van der Waals surface area contributed by atoms with Gasteiger partial charge in [0.05, 0.1) is 12.3 Å². The maximum absolute atomic E-state index is 15.3. The van der Waals surface area contributed by atoms with E-state index in [9.17, 15) is 22.8 Å². The molecule has 2 aliphatic rings. The van der Waals surface area contributed by atoms with E-state index in [4.69, 9.17) is 23.4 Å². The van der Waals surface area contributed by atoms with Gasteiger partial charge >= 0.3 is 24.5 Å². The monoisotopic (exact) mass is 768 g/mol. The Morgan fingerprint density at radius 3 is 2.09 bits per heavy atom. The number of alkyl halides is 6. The molecule has 11 nitrogen and oxygen atoms in total. The van der Waals surface area contributed by atoms with Crippen molar-refractivity contribution in [3.63, 3.8) is 0 Å². The molecule has 2 unspecified atom stereocenters. The summed E-state index contributed by atoms with van der Waals surface area (Å²) in [7, 11) is 0. The Morgan fingerprint density at radius 1 is 0.907 bits per heavy atom. The lowest BCUT2D eigenvalue weighted by Crippen LogP contribution is -2.45. The predicted octanol–water partition coefficient (Wildman–Crippen LogP) is 10.1. The van der Waals surface area contributed by atoms with Crippen molar-refractivity contribution in [2.75, 3.05) is 4.90 Å². The van der Waals surface area contributed by atoms with Crippen LogP contribution in [0.1, 0.15) is 97.1 Å². The van der Waals surface area contributed by atoms with E-state index in [1.807, 2.05) is 0 Å². The van der Waals surface area contributed by atoms with Crippen LogP contribution in [0.5, 0.6) is 5.88 Å². The molecule has 3 heterocycles. The van der Waals surface area contributed by atoms with Crippen molar-refractivity contribution < 1.29 is 59.3 Å². The van der Waals surface area contributed by atoms with Crippen molar-refractivity contribution in [3.8, 4) is 17.5 Å². The summed E-state index contributed by atoms with van der Waals surface area (Å²) < 4.78 is 119. The van der Waals surface area contributed by atoms with Crippen molar-refractivity contribution in [3.05, 3.63) is 65.6 Å². The second kappa shape index (κ2) is 15.2. The first kappa shape index (κ1) is 40.5. The van der Waals surface area contributed by atoms with Gasteiger partial charge in [-0.15, -0.1) is 10.2 Å². The Balaban J connectivity index is 1.78. The third kappa shape index (κ3) is 9.89. The fourth-order valence-electron chi connectivity index (χ4n) is 5.57. The smallest absolute Gasteiger partial charge is 0.426 e. The first-order valence-electron chi connectivity index (χ1n) is 17.4. The first-order chi connectivity index (χ1) is 25.1. The molecule has 0 radical (unpaired) electrons. The largest absolute Gasteiger partial charge is 0.474 e. The number of aromatic nitrogens is 3. The van der Waals surface area contributed by atoms with Gasteiger partial charge in [-0.2, -0.15) is 31.2 Å². The number of benzene rings is 1. The molecule has 54 heavy (non-hydrogen) atoms. The molecule has 294 valence electrons. The van der Waals surface area contributed by atoms with Crippen LogP contribution in [0.3, 0.4) is 0 Å². The standard InChI is InChI=1S/C37H42F6N4O7/c1-33(2,3)53-31(48)47(32(49)54-34(4,5)6)26-20-25(36(38,39)40)28-44-27(26)29-45-46-30(52-29)35(37(41,42)43,50-21-23-13-9-7-10-14-23)18-12-8-11-15-24(51-28)19-22-16-17-22/h7-11,13-14,20,22,24H,12,15-19,21H2,1-6H3/b11-8-. The summed E-state index contributed by atoms with van der Waals surface area (Å²) in [5, 5.41) is 7.48. The molecular weight excluding hydrogens is 726 g/mol. The summed E-state index contributed by atoms with van der Waals surface area (Å²) in [6.07, 6.45) is -10.1. The molecule has 1 saturated carbocycles. The van der Waals surface area contributed by atoms with Crippen LogP contribution in [0.15, 0.2) is 53.0 Å². The van der Waals surface area contributed by atoms with Gasteiger partial charge in [0.25, 0.3) is 11.8 Å². The van der Waals surface area contributed by atoms with Crippen molar-refractivity contribution in [2.24, 2.45) is 5.92 Å².